The topological polar surface area (TPSA) is 85.8 Å². The first-order chi connectivity index (χ1) is 12.1. The van der Waals surface area contributed by atoms with Crippen LogP contribution in [0, 0.1) is 11.8 Å². The maximum atomic E-state index is 12.3. The van der Waals surface area contributed by atoms with Gasteiger partial charge in [0.25, 0.3) is 0 Å². The van der Waals surface area contributed by atoms with Crippen molar-refractivity contribution in [1.29, 1.82) is 0 Å². The molecule has 132 valence electrons. The van der Waals surface area contributed by atoms with Gasteiger partial charge in [0.1, 0.15) is 0 Å². The Morgan fingerprint density at radius 2 is 1.96 bits per heavy atom. The Morgan fingerprint density at radius 3 is 2.60 bits per heavy atom. The van der Waals surface area contributed by atoms with E-state index in [9.17, 15) is 4.79 Å². The lowest BCUT2D eigenvalue weighted by Gasteiger charge is -2.17. The minimum absolute atomic E-state index is 0.0380. The number of hydrogen-bond donors (Lipinski definition) is 2. The van der Waals surface area contributed by atoms with E-state index in [0.29, 0.717) is 33.9 Å². The molecule has 4 rings (SSSR count). The summed E-state index contributed by atoms with van der Waals surface area (Å²) in [5, 5.41) is 12.5. The normalized spacial score (nSPS) is 17.0. The summed E-state index contributed by atoms with van der Waals surface area (Å²) in [6, 6.07) is 7.70. The van der Waals surface area contributed by atoms with E-state index in [1.165, 1.54) is 42.1 Å². The van der Waals surface area contributed by atoms with Crippen LogP contribution in [0.3, 0.4) is 0 Å². The van der Waals surface area contributed by atoms with Crippen molar-refractivity contribution in [1.82, 2.24) is 20.2 Å². The summed E-state index contributed by atoms with van der Waals surface area (Å²) < 4.78 is 1.39. The maximum Gasteiger partial charge on any atom is 0.230 e. The van der Waals surface area contributed by atoms with Gasteiger partial charge in [-0.3, -0.25) is 4.79 Å². The van der Waals surface area contributed by atoms with Gasteiger partial charge in [0.15, 0.2) is 5.82 Å². The van der Waals surface area contributed by atoms with Crippen LogP contribution in [0.15, 0.2) is 29.4 Å². The Morgan fingerprint density at radius 1 is 1.28 bits per heavy atom. The molecular weight excluding hydrogens is 358 g/mol. The molecule has 8 heteroatoms. The van der Waals surface area contributed by atoms with E-state index >= 15 is 0 Å². The zero-order chi connectivity index (χ0) is 17.4. The average Bonchev–Trinajstić information content (AvgIpc) is 3.51. The quantitative estimate of drug-likeness (QED) is 0.572. The molecule has 6 nitrogen and oxygen atoms in total. The van der Waals surface area contributed by atoms with Crippen LogP contribution in [0.1, 0.15) is 25.7 Å². The molecular formula is C17H20ClN5OS. The van der Waals surface area contributed by atoms with Crippen LogP contribution in [-0.4, -0.2) is 32.6 Å². The van der Waals surface area contributed by atoms with E-state index in [1.54, 1.807) is 6.07 Å². The molecule has 0 bridgehead atoms. The lowest BCUT2D eigenvalue weighted by molar-refractivity contribution is -0.119. The van der Waals surface area contributed by atoms with Gasteiger partial charge in [-0.25, -0.2) is 4.68 Å². The molecule has 0 radical (unpaired) electrons. The third-order valence-electron chi connectivity index (χ3n) is 4.70. The van der Waals surface area contributed by atoms with E-state index in [1.807, 2.05) is 18.2 Å². The fourth-order valence-electron chi connectivity index (χ4n) is 3.09. The number of halogens is 1. The number of aromatic nitrogens is 3. The van der Waals surface area contributed by atoms with E-state index in [4.69, 9.17) is 17.4 Å². The zero-order valence-corrected chi connectivity index (χ0v) is 15.3. The second kappa shape index (κ2) is 6.88. The van der Waals surface area contributed by atoms with Crippen molar-refractivity contribution in [2.45, 2.75) is 36.9 Å². The van der Waals surface area contributed by atoms with Crippen LogP contribution in [0.2, 0.25) is 5.02 Å². The van der Waals surface area contributed by atoms with Crippen molar-refractivity contribution >= 4 is 29.3 Å². The van der Waals surface area contributed by atoms with Crippen molar-refractivity contribution in [2.24, 2.45) is 11.8 Å². The molecule has 0 atom stereocenters. The van der Waals surface area contributed by atoms with Crippen molar-refractivity contribution in [3.8, 4) is 11.4 Å². The summed E-state index contributed by atoms with van der Waals surface area (Å²) in [6.45, 7) is 0. The fraction of sp³-hybridized carbons (Fsp3) is 0.471. The number of nitrogens with one attached hydrogen (secondary N) is 1. The second-order valence-electron chi connectivity index (χ2n) is 6.71. The predicted octanol–water partition coefficient (Wildman–Crippen LogP) is 2.71. The Kier molecular flexibility index (Phi) is 4.60. The predicted molar refractivity (Wildman–Crippen MR) is 98.7 cm³/mol. The number of nitrogens with zero attached hydrogens (tertiary/aromatic N) is 3. The van der Waals surface area contributed by atoms with Crippen molar-refractivity contribution in [3.63, 3.8) is 0 Å². The van der Waals surface area contributed by atoms with Crippen molar-refractivity contribution in [3.05, 3.63) is 29.3 Å². The van der Waals surface area contributed by atoms with Gasteiger partial charge in [0, 0.05) is 11.6 Å². The molecule has 3 N–H and O–H groups in total. The number of rotatable bonds is 7. The Bertz CT molecular complexity index is 775. The smallest absolute Gasteiger partial charge is 0.230 e. The number of nitrogen functional groups attached to an aromatic ring is 1. The summed E-state index contributed by atoms with van der Waals surface area (Å²) in [5.74, 6) is 8.27. The van der Waals surface area contributed by atoms with Gasteiger partial charge in [0.05, 0.1) is 10.8 Å². The van der Waals surface area contributed by atoms with E-state index in [2.05, 4.69) is 15.5 Å². The zero-order valence-electron chi connectivity index (χ0n) is 13.7. The van der Waals surface area contributed by atoms with Gasteiger partial charge in [-0.15, -0.1) is 10.2 Å². The third kappa shape index (κ3) is 3.77. The Hall–Kier alpha value is -1.73. The molecule has 25 heavy (non-hydrogen) atoms. The highest BCUT2D eigenvalue weighted by molar-refractivity contribution is 7.99. The number of hydrogen-bond acceptors (Lipinski definition) is 5. The molecule has 2 fully saturated rings. The molecule has 0 aliphatic heterocycles. The highest BCUT2D eigenvalue weighted by Gasteiger charge is 2.42. The van der Waals surface area contributed by atoms with Crippen LogP contribution in [-0.2, 0) is 4.79 Å². The van der Waals surface area contributed by atoms with Crippen LogP contribution >= 0.6 is 23.4 Å². The molecule has 1 aromatic heterocycles. The van der Waals surface area contributed by atoms with Gasteiger partial charge in [0.2, 0.25) is 11.1 Å². The van der Waals surface area contributed by atoms with E-state index in [0.717, 1.165) is 5.56 Å². The second-order valence-corrected chi connectivity index (χ2v) is 8.06. The van der Waals surface area contributed by atoms with E-state index in [-0.39, 0.29) is 11.7 Å². The molecule has 2 aliphatic carbocycles. The lowest BCUT2D eigenvalue weighted by Crippen LogP contribution is -2.39. The van der Waals surface area contributed by atoms with E-state index < -0.39 is 0 Å². The summed E-state index contributed by atoms with van der Waals surface area (Å²) in [7, 11) is 0. The van der Waals surface area contributed by atoms with Crippen LogP contribution in [0.25, 0.3) is 11.4 Å². The molecule has 2 aliphatic rings. The Balaban J connectivity index is 1.38. The highest BCUT2D eigenvalue weighted by Crippen LogP contribution is 2.44. The van der Waals surface area contributed by atoms with Gasteiger partial charge < -0.3 is 11.2 Å². The Labute approximate surface area is 155 Å². The number of carbonyl (C=O) groups excluding carboxylic acids is 1. The largest absolute Gasteiger partial charge is 0.352 e. The minimum Gasteiger partial charge on any atom is -0.352 e. The van der Waals surface area contributed by atoms with Gasteiger partial charge in [-0.2, -0.15) is 0 Å². The monoisotopic (exact) mass is 377 g/mol. The van der Waals surface area contributed by atoms with Crippen molar-refractivity contribution in [2.75, 3.05) is 11.6 Å². The molecule has 1 amide bonds. The first-order valence-corrected chi connectivity index (χ1v) is 9.87. The SMILES string of the molecule is Nn1c(SCC(=O)NC(C2CC2)C2CC2)nnc1-c1ccccc1Cl. The van der Waals surface area contributed by atoms with Gasteiger partial charge >= 0.3 is 0 Å². The summed E-state index contributed by atoms with van der Waals surface area (Å²) in [5.41, 5.74) is 0.720. The molecule has 0 unspecified atom stereocenters. The van der Waals surface area contributed by atoms with Crippen LogP contribution in [0.5, 0.6) is 0 Å². The molecule has 1 heterocycles. The summed E-state index contributed by atoms with van der Waals surface area (Å²) >= 11 is 7.48. The first kappa shape index (κ1) is 16.7. The average molecular weight is 378 g/mol. The van der Waals surface area contributed by atoms with Gasteiger partial charge in [-0.1, -0.05) is 35.5 Å². The van der Waals surface area contributed by atoms with Crippen LogP contribution in [0.4, 0.5) is 0 Å². The maximum absolute atomic E-state index is 12.3. The standard InChI is InChI=1S/C17H20ClN5OS/c18-13-4-2-1-3-12(13)16-21-22-17(23(16)19)25-9-14(24)20-15(10-5-6-10)11-7-8-11/h1-4,10-11,15H,5-9,19H2,(H,20,24). The number of carbonyl (C=O) groups is 1. The molecule has 0 saturated heterocycles. The highest BCUT2D eigenvalue weighted by atomic mass is 35.5. The molecule has 2 saturated carbocycles. The first-order valence-electron chi connectivity index (χ1n) is 8.51. The minimum atomic E-state index is 0.0380. The molecule has 2 aromatic rings. The van der Waals surface area contributed by atoms with Crippen LogP contribution < -0.4 is 11.2 Å². The number of thioether (sulfide) groups is 1. The van der Waals surface area contributed by atoms with Gasteiger partial charge in [-0.05, 0) is 49.7 Å². The van der Waals surface area contributed by atoms with Crippen molar-refractivity contribution < 1.29 is 4.79 Å². The molecule has 0 spiro atoms. The number of benzene rings is 1. The number of amides is 1. The number of nitrogens with two attached hydrogens (primary N) is 1. The summed E-state index contributed by atoms with van der Waals surface area (Å²) in [4.78, 5) is 12.3. The third-order valence-corrected chi connectivity index (χ3v) is 5.97. The lowest BCUT2D eigenvalue weighted by atomic mass is 10.1. The fourth-order valence-corrected chi connectivity index (χ4v) is 3.98. The summed E-state index contributed by atoms with van der Waals surface area (Å²) in [6.07, 6.45) is 4.97. The molecule has 1 aromatic carbocycles.